The van der Waals surface area contributed by atoms with Crippen LogP contribution in [-0.2, 0) is 4.79 Å². The van der Waals surface area contributed by atoms with Gasteiger partial charge in [-0.15, -0.1) is 0 Å². The van der Waals surface area contributed by atoms with Crippen molar-refractivity contribution in [2.45, 2.75) is 32.7 Å². The molecule has 0 radical (unpaired) electrons. The largest absolute Gasteiger partial charge is 0.395 e. The first kappa shape index (κ1) is 13.5. The maximum atomic E-state index is 12.1. The van der Waals surface area contributed by atoms with Gasteiger partial charge in [-0.3, -0.25) is 4.79 Å². The summed E-state index contributed by atoms with van der Waals surface area (Å²) in [5.74, 6) is 1.05. The molecule has 16 heavy (non-hydrogen) atoms. The van der Waals surface area contributed by atoms with E-state index < -0.39 is 0 Å². The minimum Gasteiger partial charge on any atom is -0.395 e. The molecule has 0 aliphatic heterocycles. The standard InChI is InChI=1S/C12H24N2O2/c1-8-6-9(2)11(13)7-10(8)12(16)14(3)4-5-15/h8-11,15H,4-7,13H2,1-3H3. The van der Waals surface area contributed by atoms with E-state index in [0.29, 0.717) is 18.4 Å². The second-order valence-corrected chi connectivity index (χ2v) is 5.18. The molecule has 0 aromatic carbocycles. The van der Waals surface area contributed by atoms with Crippen LogP contribution in [0.15, 0.2) is 0 Å². The molecule has 1 amide bonds. The number of rotatable bonds is 3. The lowest BCUT2D eigenvalue weighted by molar-refractivity contribution is -0.138. The van der Waals surface area contributed by atoms with Crippen molar-refractivity contribution in [3.8, 4) is 0 Å². The lowest BCUT2D eigenvalue weighted by Gasteiger charge is -2.37. The van der Waals surface area contributed by atoms with Crippen LogP contribution >= 0.6 is 0 Å². The number of amides is 1. The molecule has 1 aliphatic carbocycles. The smallest absolute Gasteiger partial charge is 0.225 e. The first-order valence-electron chi connectivity index (χ1n) is 6.08. The monoisotopic (exact) mass is 228 g/mol. The third-order valence-corrected chi connectivity index (χ3v) is 3.82. The van der Waals surface area contributed by atoms with Gasteiger partial charge in [-0.1, -0.05) is 13.8 Å². The summed E-state index contributed by atoms with van der Waals surface area (Å²) in [5.41, 5.74) is 6.02. The number of hydrogen-bond acceptors (Lipinski definition) is 3. The van der Waals surface area contributed by atoms with Crippen molar-refractivity contribution in [3.63, 3.8) is 0 Å². The molecule has 0 aromatic rings. The molecule has 4 unspecified atom stereocenters. The Morgan fingerprint density at radius 3 is 2.56 bits per heavy atom. The molecule has 4 nitrogen and oxygen atoms in total. The average molecular weight is 228 g/mol. The van der Waals surface area contributed by atoms with Gasteiger partial charge in [-0.05, 0) is 24.7 Å². The summed E-state index contributed by atoms with van der Waals surface area (Å²) in [7, 11) is 1.74. The fraction of sp³-hybridized carbons (Fsp3) is 0.917. The van der Waals surface area contributed by atoms with Crippen LogP contribution in [0.1, 0.15) is 26.7 Å². The first-order chi connectivity index (χ1) is 7.47. The summed E-state index contributed by atoms with van der Waals surface area (Å²) in [6, 6.07) is 0.132. The number of hydrogen-bond donors (Lipinski definition) is 2. The lowest BCUT2D eigenvalue weighted by atomic mass is 9.72. The van der Waals surface area contributed by atoms with Gasteiger partial charge in [-0.25, -0.2) is 0 Å². The molecule has 0 saturated heterocycles. The fourth-order valence-corrected chi connectivity index (χ4v) is 2.57. The molecule has 4 atom stereocenters. The van der Waals surface area contributed by atoms with Gasteiger partial charge in [0, 0.05) is 25.6 Å². The number of carbonyl (C=O) groups excluding carboxylic acids is 1. The Labute approximate surface area is 97.8 Å². The number of nitrogens with two attached hydrogens (primary N) is 1. The van der Waals surface area contributed by atoms with Crippen LogP contribution in [0.25, 0.3) is 0 Å². The number of carbonyl (C=O) groups is 1. The van der Waals surface area contributed by atoms with Crippen LogP contribution in [0.5, 0.6) is 0 Å². The SMILES string of the molecule is CC1CC(C)C(C(=O)N(C)CCO)CC1N. The van der Waals surface area contributed by atoms with Gasteiger partial charge < -0.3 is 15.7 Å². The van der Waals surface area contributed by atoms with E-state index in [2.05, 4.69) is 13.8 Å². The molecule has 1 aliphatic rings. The van der Waals surface area contributed by atoms with E-state index in [1.165, 1.54) is 0 Å². The molecule has 0 heterocycles. The van der Waals surface area contributed by atoms with E-state index in [4.69, 9.17) is 10.8 Å². The summed E-state index contributed by atoms with van der Waals surface area (Å²) < 4.78 is 0. The third-order valence-electron chi connectivity index (χ3n) is 3.82. The molecular formula is C12H24N2O2. The number of aliphatic hydroxyl groups is 1. The Hall–Kier alpha value is -0.610. The average Bonchev–Trinajstić information content (AvgIpc) is 2.23. The molecule has 0 aromatic heterocycles. The molecule has 4 heteroatoms. The van der Waals surface area contributed by atoms with Gasteiger partial charge in [0.15, 0.2) is 0 Å². The Kier molecular flexibility index (Phi) is 4.74. The van der Waals surface area contributed by atoms with E-state index in [9.17, 15) is 4.79 Å². The van der Waals surface area contributed by atoms with E-state index >= 15 is 0 Å². The molecular weight excluding hydrogens is 204 g/mol. The van der Waals surface area contributed by atoms with Crippen molar-refractivity contribution in [2.75, 3.05) is 20.2 Å². The number of likely N-dealkylation sites (N-methyl/N-ethyl adjacent to an activating group) is 1. The minimum atomic E-state index is 0.0196. The van der Waals surface area contributed by atoms with Gasteiger partial charge in [0.25, 0.3) is 0 Å². The molecule has 1 rings (SSSR count). The summed E-state index contributed by atoms with van der Waals surface area (Å²) in [6.45, 7) is 4.70. The fourth-order valence-electron chi connectivity index (χ4n) is 2.57. The second-order valence-electron chi connectivity index (χ2n) is 5.18. The molecule has 1 fully saturated rings. The highest BCUT2D eigenvalue weighted by atomic mass is 16.3. The van der Waals surface area contributed by atoms with Crippen LogP contribution < -0.4 is 5.73 Å². The van der Waals surface area contributed by atoms with Crippen molar-refractivity contribution in [3.05, 3.63) is 0 Å². The van der Waals surface area contributed by atoms with Gasteiger partial charge in [0.05, 0.1) is 6.61 Å². The van der Waals surface area contributed by atoms with E-state index in [1.807, 2.05) is 0 Å². The van der Waals surface area contributed by atoms with E-state index in [-0.39, 0.29) is 24.5 Å². The summed E-state index contributed by atoms with van der Waals surface area (Å²) in [5, 5.41) is 8.83. The predicted molar refractivity (Wildman–Crippen MR) is 63.8 cm³/mol. The highest BCUT2D eigenvalue weighted by molar-refractivity contribution is 5.79. The zero-order chi connectivity index (χ0) is 12.3. The van der Waals surface area contributed by atoms with Crippen LogP contribution in [0.3, 0.4) is 0 Å². The highest BCUT2D eigenvalue weighted by Crippen LogP contribution is 2.33. The van der Waals surface area contributed by atoms with Crippen molar-refractivity contribution >= 4 is 5.91 Å². The summed E-state index contributed by atoms with van der Waals surface area (Å²) in [6.07, 6.45) is 1.79. The zero-order valence-electron chi connectivity index (χ0n) is 10.5. The molecule has 0 spiro atoms. The topological polar surface area (TPSA) is 66.6 Å². The van der Waals surface area contributed by atoms with Gasteiger partial charge in [-0.2, -0.15) is 0 Å². The molecule has 1 saturated carbocycles. The van der Waals surface area contributed by atoms with Crippen LogP contribution in [0, 0.1) is 17.8 Å². The van der Waals surface area contributed by atoms with Gasteiger partial charge in [0.2, 0.25) is 5.91 Å². The number of aliphatic hydroxyl groups excluding tert-OH is 1. The maximum Gasteiger partial charge on any atom is 0.225 e. The number of nitrogens with zero attached hydrogens (tertiary/aromatic N) is 1. The lowest BCUT2D eigenvalue weighted by Crippen LogP contribution is -2.46. The maximum absolute atomic E-state index is 12.1. The summed E-state index contributed by atoms with van der Waals surface area (Å²) in [4.78, 5) is 13.7. The van der Waals surface area contributed by atoms with Crippen molar-refractivity contribution in [1.29, 1.82) is 0 Å². The Morgan fingerprint density at radius 1 is 1.38 bits per heavy atom. The Bertz CT molecular complexity index is 245. The first-order valence-corrected chi connectivity index (χ1v) is 6.08. The molecule has 0 bridgehead atoms. The quantitative estimate of drug-likeness (QED) is 0.737. The summed E-state index contributed by atoms with van der Waals surface area (Å²) >= 11 is 0. The van der Waals surface area contributed by atoms with Gasteiger partial charge in [0.1, 0.15) is 0 Å². The van der Waals surface area contributed by atoms with Crippen LogP contribution in [0.2, 0.25) is 0 Å². The van der Waals surface area contributed by atoms with Crippen LogP contribution in [-0.4, -0.2) is 42.2 Å². The van der Waals surface area contributed by atoms with Crippen molar-refractivity contribution in [2.24, 2.45) is 23.5 Å². The normalized spacial score (nSPS) is 34.8. The predicted octanol–water partition coefficient (Wildman–Crippen LogP) is 0.447. The van der Waals surface area contributed by atoms with Crippen LogP contribution in [0.4, 0.5) is 0 Å². The van der Waals surface area contributed by atoms with Gasteiger partial charge >= 0.3 is 0 Å². The molecule has 94 valence electrons. The van der Waals surface area contributed by atoms with E-state index in [1.54, 1.807) is 11.9 Å². The minimum absolute atomic E-state index is 0.0196. The molecule has 3 N–H and O–H groups in total. The Morgan fingerprint density at radius 2 is 2.00 bits per heavy atom. The highest BCUT2D eigenvalue weighted by Gasteiger charge is 2.36. The van der Waals surface area contributed by atoms with Crippen molar-refractivity contribution in [1.82, 2.24) is 4.90 Å². The van der Waals surface area contributed by atoms with E-state index in [0.717, 1.165) is 12.8 Å². The second kappa shape index (κ2) is 5.64. The zero-order valence-corrected chi connectivity index (χ0v) is 10.5. The van der Waals surface area contributed by atoms with Crippen molar-refractivity contribution < 1.29 is 9.90 Å². The Balaban J connectivity index is 2.61. The third kappa shape index (κ3) is 2.95.